The van der Waals surface area contributed by atoms with Crippen LogP contribution in [0.15, 0.2) is 42.0 Å². The van der Waals surface area contributed by atoms with Gasteiger partial charge in [0.2, 0.25) is 0 Å². The van der Waals surface area contributed by atoms with Gasteiger partial charge in [-0.1, -0.05) is 35.9 Å². The number of hydrogen-bond acceptors (Lipinski definition) is 5. The number of hydrogen-bond donors (Lipinski definition) is 0. The van der Waals surface area contributed by atoms with Gasteiger partial charge in [-0.15, -0.1) is 0 Å². The predicted molar refractivity (Wildman–Crippen MR) is 103 cm³/mol. The van der Waals surface area contributed by atoms with E-state index in [2.05, 4.69) is 12.7 Å². The molecule has 1 aliphatic carbocycles. The topological polar surface area (TPSA) is 61.8 Å². The molecule has 0 spiro atoms. The fraction of sp³-hybridized carbons (Fsp3) is 0.273. The molecule has 27 heavy (non-hydrogen) atoms. The Morgan fingerprint density at radius 2 is 1.74 bits per heavy atom. The number of allylic oxidation sites excluding steroid dienone is 2. The summed E-state index contributed by atoms with van der Waals surface area (Å²) in [6, 6.07) is 5.72. The van der Waals surface area contributed by atoms with Crippen molar-refractivity contribution in [3.63, 3.8) is 0 Å². The van der Waals surface area contributed by atoms with E-state index in [4.69, 9.17) is 14.2 Å². The number of esters is 1. The van der Waals surface area contributed by atoms with Gasteiger partial charge in [0.15, 0.2) is 0 Å². The molecule has 0 aliphatic heterocycles. The molecule has 1 aliphatic rings. The van der Waals surface area contributed by atoms with E-state index < -0.39 is 12.1 Å². The van der Waals surface area contributed by atoms with Gasteiger partial charge >= 0.3 is 12.1 Å². The number of carbonyl (C=O) groups excluding carboxylic acids is 2. The maximum Gasteiger partial charge on any atom is 0.513 e. The standard InChI is InChI=1S/C22H22O5/c1-12(2)21(23)26-19-15-8-6-14(4)11-18(15)20(27-22(24)25-5)16-9-7-13(3)10-17(16)19/h6-8,11H,1,9-10H2,2-5H3. The molecule has 0 heterocycles. The van der Waals surface area contributed by atoms with Crippen LogP contribution in [0.2, 0.25) is 0 Å². The van der Waals surface area contributed by atoms with Gasteiger partial charge in [0.05, 0.1) is 7.11 Å². The maximum atomic E-state index is 12.3. The van der Waals surface area contributed by atoms with E-state index in [1.54, 1.807) is 6.92 Å². The van der Waals surface area contributed by atoms with Gasteiger partial charge in [-0.2, -0.15) is 0 Å². The van der Waals surface area contributed by atoms with E-state index in [9.17, 15) is 9.59 Å². The van der Waals surface area contributed by atoms with Crippen molar-refractivity contribution in [2.45, 2.75) is 33.6 Å². The third-order valence-corrected chi connectivity index (χ3v) is 4.58. The quantitative estimate of drug-likeness (QED) is 0.256. The largest absolute Gasteiger partial charge is 0.513 e. The second kappa shape index (κ2) is 7.27. The van der Waals surface area contributed by atoms with Crippen molar-refractivity contribution in [3.8, 4) is 11.5 Å². The van der Waals surface area contributed by atoms with Crippen LogP contribution < -0.4 is 9.47 Å². The molecule has 0 amide bonds. The van der Waals surface area contributed by atoms with Crippen LogP contribution in [0, 0.1) is 6.92 Å². The molecule has 0 bridgehead atoms. The Kier molecular flexibility index (Phi) is 5.04. The van der Waals surface area contributed by atoms with Gasteiger partial charge in [0.25, 0.3) is 0 Å². The molecule has 0 fully saturated rings. The summed E-state index contributed by atoms with van der Waals surface area (Å²) in [7, 11) is 1.27. The SMILES string of the molecule is C=C(C)C(=O)Oc1c2c(c(OC(=O)OC)c3cc(C)ccc13)CC=C(C)C2. The monoisotopic (exact) mass is 366 g/mol. The third kappa shape index (κ3) is 3.58. The summed E-state index contributed by atoms with van der Waals surface area (Å²) in [4.78, 5) is 24.1. The first kappa shape index (κ1) is 18.7. The van der Waals surface area contributed by atoms with Gasteiger partial charge in [0, 0.05) is 27.5 Å². The first-order valence-electron chi connectivity index (χ1n) is 8.69. The summed E-state index contributed by atoms with van der Waals surface area (Å²) in [6.45, 7) is 9.25. The summed E-state index contributed by atoms with van der Waals surface area (Å²) in [5.74, 6) is 0.472. The Morgan fingerprint density at radius 1 is 1.04 bits per heavy atom. The molecule has 5 nitrogen and oxygen atoms in total. The lowest BCUT2D eigenvalue weighted by atomic mass is 9.87. The number of benzene rings is 2. The smallest absolute Gasteiger partial charge is 0.437 e. The third-order valence-electron chi connectivity index (χ3n) is 4.58. The fourth-order valence-electron chi connectivity index (χ4n) is 3.21. The van der Waals surface area contributed by atoms with Crippen molar-refractivity contribution in [3.05, 3.63) is 58.7 Å². The number of rotatable bonds is 3. The highest BCUT2D eigenvalue weighted by atomic mass is 16.7. The van der Waals surface area contributed by atoms with Crippen molar-refractivity contribution in [1.82, 2.24) is 0 Å². The van der Waals surface area contributed by atoms with Crippen LogP contribution in [-0.4, -0.2) is 19.2 Å². The highest BCUT2D eigenvalue weighted by Crippen LogP contribution is 2.44. The zero-order valence-electron chi connectivity index (χ0n) is 16.0. The van der Waals surface area contributed by atoms with E-state index in [1.807, 2.05) is 32.0 Å². The van der Waals surface area contributed by atoms with Crippen molar-refractivity contribution < 1.29 is 23.8 Å². The Hall–Kier alpha value is -3.08. The molecule has 0 saturated carbocycles. The minimum absolute atomic E-state index is 0.321. The van der Waals surface area contributed by atoms with Crippen molar-refractivity contribution >= 4 is 22.9 Å². The Labute approximate surface area is 158 Å². The van der Waals surface area contributed by atoms with Crippen LogP contribution >= 0.6 is 0 Å². The van der Waals surface area contributed by atoms with E-state index >= 15 is 0 Å². The highest BCUT2D eigenvalue weighted by Gasteiger charge is 2.26. The van der Waals surface area contributed by atoms with Gasteiger partial charge < -0.3 is 14.2 Å². The molecule has 0 atom stereocenters. The summed E-state index contributed by atoms with van der Waals surface area (Å²) >= 11 is 0. The average molecular weight is 366 g/mol. The molecule has 0 N–H and O–H groups in total. The lowest BCUT2D eigenvalue weighted by Gasteiger charge is -2.24. The summed E-state index contributed by atoms with van der Waals surface area (Å²) in [5.41, 5.74) is 4.15. The Morgan fingerprint density at radius 3 is 2.41 bits per heavy atom. The molecule has 0 saturated heterocycles. The zero-order valence-corrected chi connectivity index (χ0v) is 16.0. The van der Waals surface area contributed by atoms with Crippen LogP contribution in [0.4, 0.5) is 4.79 Å². The second-order valence-corrected chi connectivity index (χ2v) is 6.82. The first-order valence-corrected chi connectivity index (χ1v) is 8.69. The first-order chi connectivity index (χ1) is 12.8. The van der Waals surface area contributed by atoms with Crippen molar-refractivity contribution in [1.29, 1.82) is 0 Å². The summed E-state index contributed by atoms with van der Waals surface area (Å²) in [6.07, 6.45) is 2.49. The van der Waals surface area contributed by atoms with E-state index in [1.165, 1.54) is 7.11 Å². The molecule has 5 heteroatoms. The lowest BCUT2D eigenvalue weighted by molar-refractivity contribution is -0.130. The molecule has 0 unspecified atom stereocenters. The van der Waals surface area contributed by atoms with Gasteiger partial charge in [-0.3, -0.25) is 0 Å². The van der Waals surface area contributed by atoms with E-state index in [0.717, 1.165) is 22.3 Å². The highest BCUT2D eigenvalue weighted by molar-refractivity contribution is 6.00. The fourth-order valence-corrected chi connectivity index (χ4v) is 3.21. The number of ether oxygens (including phenoxy) is 3. The van der Waals surface area contributed by atoms with Crippen LogP contribution in [-0.2, 0) is 22.4 Å². The van der Waals surface area contributed by atoms with Gasteiger partial charge in [0.1, 0.15) is 11.5 Å². The van der Waals surface area contributed by atoms with Crippen LogP contribution in [0.25, 0.3) is 10.8 Å². The van der Waals surface area contributed by atoms with E-state index in [-0.39, 0.29) is 0 Å². The summed E-state index contributed by atoms with van der Waals surface area (Å²) < 4.78 is 15.9. The van der Waals surface area contributed by atoms with Crippen LogP contribution in [0.1, 0.15) is 30.5 Å². The molecular formula is C22H22O5. The normalized spacial score (nSPS) is 12.8. The van der Waals surface area contributed by atoms with Gasteiger partial charge in [-0.05, 0) is 39.7 Å². The summed E-state index contributed by atoms with van der Waals surface area (Å²) in [5, 5.41) is 1.42. The molecule has 2 aromatic carbocycles. The Bertz CT molecular complexity index is 998. The van der Waals surface area contributed by atoms with Crippen molar-refractivity contribution in [2.75, 3.05) is 7.11 Å². The lowest BCUT2D eigenvalue weighted by Crippen LogP contribution is -2.16. The number of carbonyl (C=O) groups is 2. The van der Waals surface area contributed by atoms with Gasteiger partial charge in [-0.25, -0.2) is 9.59 Å². The number of aryl methyl sites for hydroxylation is 1. The van der Waals surface area contributed by atoms with Crippen LogP contribution in [0.3, 0.4) is 0 Å². The average Bonchev–Trinajstić information content (AvgIpc) is 2.63. The number of methoxy groups -OCH3 is 1. The van der Waals surface area contributed by atoms with Crippen molar-refractivity contribution in [2.24, 2.45) is 0 Å². The Balaban J connectivity index is 2.33. The predicted octanol–water partition coefficient (Wildman–Crippen LogP) is 4.82. The molecule has 140 valence electrons. The van der Waals surface area contributed by atoms with Crippen LogP contribution in [0.5, 0.6) is 11.5 Å². The zero-order chi connectivity index (χ0) is 19.7. The maximum absolute atomic E-state index is 12.3. The molecule has 3 rings (SSSR count). The molecule has 2 aromatic rings. The molecule has 0 aromatic heterocycles. The molecular weight excluding hydrogens is 344 g/mol. The second-order valence-electron chi connectivity index (χ2n) is 6.82. The minimum atomic E-state index is -0.780. The molecule has 0 radical (unpaired) electrons. The minimum Gasteiger partial charge on any atom is -0.437 e. The number of fused-ring (bicyclic) bond motifs is 2. The van der Waals surface area contributed by atoms with E-state index in [0.29, 0.717) is 40.7 Å².